The highest BCUT2D eigenvalue weighted by molar-refractivity contribution is 9.09. The lowest BCUT2D eigenvalue weighted by Gasteiger charge is -2.15. The van der Waals surface area contributed by atoms with E-state index < -0.39 is 0 Å². The molecule has 3 rings (SSSR count). The molecule has 1 amide bonds. The second-order valence-electron chi connectivity index (χ2n) is 4.83. The highest BCUT2D eigenvalue weighted by Crippen LogP contribution is 2.25. The van der Waals surface area contributed by atoms with Gasteiger partial charge in [0.25, 0.3) is 0 Å². The average molecular weight is 353 g/mol. The van der Waals surface area contributed by atoms with Gasteiger partial charge < -0.3 is 10.8 Å². The summed E-state index contributed by atoms with van der Waals surface area (Å²) in [7, 11) is 0. The number of aliphatic hydroxyl groups excluding tert-OH is 1. The van der Waals surface area contributed by atoms with Crippen molar-refractivity contribution in [3.8, 4) is 0 Å². The average Bonchev–Trinajstić information content (AvgIpc) is 2.88. The summed E-state index contributed by atoms with van der Waals surface area (Å²) < 4.78 is 0. The number of aliphatic hydroxyl groups is 1. The van der Waals surface area contributed by atoms with Crippen molar-refractivity contribution < 1.29 is 9.90 Å². The fraction of sp³-hybridized carbons (Fsp3) is 0.417. The molecule has 0 spiro atoms. The molecule has 2 aromatic rings. The van der Waals surface area contributed by atoms with Gasteiger partial charge in [0.1, 0.15) is 0 Å². The van der Waals surface area contributed by atoms with Crippen LogP contribution < -0.4 is 10.6 Å². The molecule has 21 heavy (non-hydrogen) atoms. The van der Waals surface area contributed by atoms with Gasteiger partial charge >= 0.3 is 0 Å². The highest BCUT2D eigenvalue weighted by atomic mass is 79.9. The third-order valence-electron chi connectivity index (χ3n) is 3.30. The molecule has 2 aromatic heterocycles. The molecule has 0 bridgehead atoms. The van der Waals surface area contributed by atoms with Crippen molar-refractivity contribution in [1.29, 1.82) is 0 Å². The molecule has 1 unspecified atom stereocenters. The van der Waals surface area contributed by atoms with Crippen molar-refractivity contribution in [3.63, 3.8) is 0 Å². The van der Waals surface area contributed by atoms with Gasteiger partial charge in [0.15, 0.2) is 17.0 Å². The van der Waals surface area contributed by atoms with E-state index in [1.54, 1.807) is 0 Å². The maximum absolute atomic E-state index is 12.0. The van der Waals surface area contributed by atoms with E-state index in [4.69, 9.17) is 10.8 Å². The third kappa shape index (κ3) is 2.54. The lowest BCUT2D eigenvalue weighted by molar-refractivity contribution is -0.117. The molecule has 8 nitrogen and oxygen atoms in total. The van der Waals surface area contributed by atoms with Crippen LogP contribution in [0.25, 0.3) is 11.2 Å². The summed E-state index contributed by atoms with van der Waals surface area (Å²) in [6.07, 6.45) is 1.88. The Labute approximate surface area is 128 Å². The van der Waals surface area contributed by atoms with Gasteiger partial charge in [0, 0.05) is 18.3 Å². The van der Waals surface area contributed by atoms with E-state index in [1.807, 2.05) is 0 Å². The lowest BCUT2D eigenvalue weighted by atomic mass is 10.2. The van der Waals surface area contributed by atoms with Crippen LogP contribution in [-0.2, 0) is 11.4 Å². The molecule has 9 heteroatoms. The van der Waals surface area contributed by atoms with Crippen LogP contribution in [0.2, 0.25) is 0 Å². The predicted molar refractivity (Wildman–Crippen MR) is 79.7 cm³/mol. The Morgan fingerprint density at radius 2 is 2.24 bits per heavy atom. The molecule has 0 radical (unpaired) electrons. The van der Waals surface area contributed by atoms with E-state index in [1.165, 1.54) is 11.1 Å². The summed E-state index contributed by atoms with van der Waals surface area (Å²) in [6.45, 7) is 0.318. The summed E-state index contributed by atoms with van der Waals surface area (Å²) >= 11 is 3.38. The molecule has 110 valence electrons. The zero-order valence-corrected chi connectivity index (χ0v) is 12.6. The number of anilines is 2. The zero-order chi connectivity index (χ0) is 15.0. The van der Waals surface area contributed by atoms with Gasteiger partial charge in [-0.15, -0.1) is 0 Å². The topological polar surface area (TPSA) is 118 Å². The first-order valence-electron chi connectivity index (χ1n) is 6.38. The lowest BCUT2D eigenvalue weighted by Crippen LogP contribution is -2.27. The number of amides is 1. The zero-order valence-electron chi connectivity index (χ0n) is 11.0. The van der Waals surface area contributed by atoms with Gasteiger partial charge in [-0.2, -0.15) is 9.97 Å². The van der Waals surface area contributed by atoms with Crippen molar-refractivity contribution in [3.05, 3.63) is 11.9 Å². The number of hydrogen-bond acceptors (Lipinski definition) is 7. The van der Waals surface area contributed by atoms with E-state index >= 15 is 0 Å². The molecule has 3 N–H and O–H groups in total. The van der Waals surface area contributed by atoms with Crippen molar-refractivity contribution in [2.24, 2.45) is 5.92 Å². The van der Waals surface area contributed by atoms with Crippen LogP contribution in [0.1, 0.15) is 12.1 Å². The summed E-state index contributed by atoms with van der Waals surface area (Å²) in [5, 5.41) is 9.81. The van der Waals surface area contributed by atoms with Crippen molar-refractivity contribution in [2.75, 3.05) is 22.5 Å². The van der Waals surface area contributed by atoms with E-state index in [2.05, 4.69) is 35.9 Å². The quantitative estimate of drug-likeness (QED) is 0.759. The molecule has 0 aliphatic carbocycles. The minimum Gasteiger partial charge on any atom is -0.390 e. The summed E-state index contributed by atoms with van der Waals surface area (Å²) in [5.74, 6) is 0.603. The van der Waals surface area contributed by atoms with Crippen LogP contribution >= 0.6 is 15.9 Å². The molecule has 1 saturated heterocycles. The fourth-order valence-corrected chi connectivity index (χ4v) is 2.66. The predicted octanol–water partition coefficient (Wildman–Crippen LogP) is 0.242. The van der Waals surface area contributed by atoms with E-state index in [0.717, 1.165) is 5.33 Å². The van der Waals surface area contributed by atoms with Gasteiger partial charge in [0.05, 0.1) is 18.5 Å². The molecular formula is C12H13BrN6O2. The van der Waals surface area contributed by atoms with Crippen LogP contribution in [0.3, 0.4) is 0 Å². The van der Waals surface area contributed by atoms with Gasteiger partial charge in [-0.3, -0.25) is 9.69 Å². The normalized spacial score (nSPS) is 18.7. The number of halogens is 1. The maximum Gasteiger partial charge on any atom is 0.236 e. The Balaban J connectivity index is 2.03. The Hall–Kier alpha value is -1.87. The number of carbonyl (C=O) groups excluding carboxylic acids is 1. The van der Waals surface area contributed by atoms with Crippen LogP contribution in [0.15, 0.2) is 6.20 Å². The highest BCUT2D eigenvalue weighted by Gasteiger charge is 2.32. The van der Waals surface area contributed by atoms with Crippen LogP contribution in [0.5, 0.6) is 0 Å². The number of aromatic nitrogens is 4. The maximum atomic E-state index is 12.0. The molecule has 0 aromatic carbocycles. The van der Waals surface area contributed by atoms with Crippen molar-refractivity contribution in [1.82, 2.24) is 19.9 Å². The number of hydrogen-bond donors (Lipinski definition) is 2. The number of rotatable bonds is 3. The first kappa shape index (κ1) is 14.1. The summed E-state index contributed by atoms with van der Waals surface area (Å²) in [5.41, 5.74) is 6.91. The first-order valence-corrected chi connectivity index (χ1v) is 7.51. The van der Waals surface area contributed by atoms with E-state index in [9.17, 15) is 4.79 Å². The smallest absolute Gasteiger partial charge is 0.236 e. The molecule has 1 fully saturated rings. The summed E-state index contributed by atoms with van der Waals surface area (Å²) in [4.78, 5) is 30.2. The molecule has 1 atom stereocenters. The first-order chi connectivity index (χ1) is 10.1. The second-order valence-corrected chi connectivity index (χ2v) is 5.48. The number of nitrogens with two attached hydrogens (primary N) is 1. The second kappa shape index (κ2) is 5.49. The molecule has 3 heterocycles. The van der Waals surface area contributed by atoms with E-state index in [-0.39, 0.29) is 30.2 Å². The molecule has 1 aliphatic heterocycles. The Bertz CT molecular complexity index is 709. The SMILES string of the molecule is Nc1nc(N2CC(CBr)CC2=O)nc2ncc(CO)nc12. The minimum absolute atomic E-state index is 0.0295. The number of nitrogen functional groups attached to an aromatic ring is 1. The van der Waals surface area contributed by atoms with Gasteiger partial charge in [-0.1, -0.05) is 15.9 Å². The largest absolute Gasteiger partial charge is 0.390 e. The standard InChI is InChI=1S/C12H13BrN6O2/c13-2-6-1-8(21)19(4-6)12-17-10(14)9-11(18-12)15-3-7(5-20)16-9/h3,6,20H,1-2,4-5H2,(H2,14,15,17,18). The van der Waals surface area contributed by atoms with Gasteiger partial charge in [0.2, 0.25) is 11.9 Å². The van der Waals surface area contributed by atoms with Crippen LogP contribution in [-0.4, -0.2) is 42.8 Å². The summed E-state index contributed by atoms with van der Waals surface area (Å²) in [6, 6.07) is 0. The molecular weight excluding hydrogens is 340 g/mol. The Kier molecular flexibility index (Phi) is 3.68. The van der Waals surface area contributed by atoms with Gasteiger partial charge in [-0.25, -0.2) is 9.97 Å². The monoisotopic (exact) mass is 352 g/mol. The number of nitrogens with zero attached hydrogens (tertiary/aromatic N) is 5. The Morgan fingerprint density at radius 1 is 1.43 bits per heavy atom. The number of fused-ring (bicyclic) bond motifs is 1. The van der Waals surface area contributed by atoms with Gasteiger partial charge in [-0.05, 0) is 5.92 Å². The van der Waals surface area contributed by atoms with Crippen molar-refractivity contribution in [2.45, 2.75) is 13.0 Å². The number of carbonyl (C=O) groups is 1. The van der Waals surface area contributed by atoms with Crippen LogP contribution in [0.4, 0.5) is 11.8 Å². The molecule has 1 aliphatic rings. The molecule has 0 saturated carbocycles. The third-order valence-corrected chi connectivity index (χ3v) is 4.21. The number of alkyl halides is 1. The van der Waals surface area contributed by atoms with Crippen molar-refractivity contribution >= 4 is 44.8 Å². The van der Waals surface area contributed by atoms with E-state index in [0.29, 0.717) is 29.8 Å². The minimum atomic E-state index is -0.234. The fourth-order valence-electron chi connectivity index (χ4n) is 2.23. The Morgan fingerprint density at radius 3 is 2.90 bits per heavy atom. The van der Waals surface area contributed by atoms with Crippen LogP contribution in [0, 0.1) is 5.92 Å².